The Bertz CT molecular complexity index is 288. The second-order valence-electron chi connectivity index (χ2n) is 2.99. The minimum Gasteiger partial charge on any atom is -0.302 e. The van der Waals surface area contributed by atoms with Crippen LogP contribution in [0.2, 0.25) is 5.02 Å². The Balaban J connectivity index is 2.58. The van der Waals surface area contributed by atoms with E-state index < -0.39 is 0 Å². The molecule has 0 amide bonds. The van der Waals surface area contributed by atoms with E-state index >= 15 is 0 Å². The Morgan fingerprint density at radius 1 is 1.54 bits per heavy atom. The maximum atomic E-state index is 10.2. The molecule has 0 heterocycles. The van der Waals surface area contributed by atoms with Gasteiger partial charge in [0.2, 0.25) is 0 Å². The molecule has 1 aromatic carbocycles. The van der Waals surface area contributed by atoms with E-state index in [0.717, 1.165) is 23.4 Å². The first kappa shape index (κ1) is 10.2. The van der Waals surface area contributed by atoms with Crippen molar-refractivity contribution >= 4 is 17.9 Å². The maximum Gasteiger partial charge on any atom is 0.133 e. The van der Waals surface area contributed by atoms with Gasteiger partial charge >= 0.3 is 0 Å². The van der Waals surface area contributed by atoms with E-state index in [1.54, 1.807) is 0 Å². The summed E-state index contributed by atoms with van der Waals surface area (Å²) in [6.45, 7) is 1.20. The summed E-state index contributed by atoms with van der Waals surface area (Å²) in [6.07, 6.45) is 0.893. The second kappa shape index (κ2) is 5.00. The molecular weight excluding hydrogens is 186 g/mol. The molecule has 0 fully saturated rings. The van der Waals surface area contributed by atoms with Gasteiger partial charge in [0.1, 0.15) is 6.29 Å². The minimum atomic E-state index is 0.451. The van der Waals surface area contributed by atoms with Crippen LogP contribution in [0.4, 0.5) is 0 Å². The predicted octanol–water partition coefficient (Wildman–Crippen LogP) is 1.97. The molecule has 0 atom stereocenters. The van der Waals surface area contributed by atoms with Crippen LogP contribution in [0, 0.1) is 0 Å². The van der Waals surface area contributed by atoms with E-state index in [4.69, 9.17) is 11.6 Å². The van der Waals surface area contributed by atoms with Gasteiger partial charge in [-0.15, -0.1) is 0 Å². The van der Waals surface area contributed by atoms with Crippen LogP contribution in [0.1, 0.15) is 5.56 Å². The van der Waals surface area contributed by atoms with Crippen molar-refractivity contribution in [3.63, 3.8) is 0 Å². The number of nitrogens with zero attached hydrogens (tertiary/aromatic N) is 1. The van der Waals surface area contributed by atoms with Crippen molar-refractivity contribution < 1.29 is 4.79 Å². The highest BCUT2D eigenvalue weighted by Crippen LogP contribution is 2.11. The first-order valence-electron chi connectivity index (χ1n) is 4.09. The third-order valence-corrected chi connectivity index (χ3v) is 1.96. The maximum absolute atomic E-state index is 10.2. The van der Waals surface area contributed by atoms with Gasteiger partial charge in [-0.1, -0.05) is 23.7 Å². The Labute approximate surface area is 83.1 Å². The van der Waals surface area contributed by atoms with Gasteiger partial charge in [-0.25, -0.2) is 0 Å². The van der Waals surface area contributed by atoms with Crippen molar-refractivity contribution in [2.75, 3.05) is 13.6 Å². The van der Waals surface area contributed by atoms with Crippen LogP contribution in [0.15, 0.2) is 24.3 Å². The fourth-order valence-electron chi connectivity index (χ4n) is 1.14. The molecule has 0 spiro atoms. The molecule has 1 rings (SSSR count). The van der Waals surface area contributed by atoms with E-state index in [2.05, 4.69) is 0 Å². The number of likely N-dealkylation sites (N-methyl/N-ethyl adjacent to an activating group) is 1. The zero-order valence-corrected chi connectivity index (χ0v) is 8.29. The number of rotatable bonds is 4. The van der Waals surface area contributed by atoms with E-state index in [1.165, 1.54) is 0 Å². The second-order valence-corrected chi connectivity index (χ2v) is 3.43. The van der Waals surface area contributed by atoms with Crippen LogP contribution < -0.4 is 0 Å². The fourth-order valence-corrected chi connectivity index (χ4v) is 1.35. The Morgan fingerprint density at radius 2 is 2.31 bits per heavy atom. The van der Waals surface area contributed by atoms with Crippen molar-refractivity contribution in [2.45, 2.75) is 6.54 Å². The number of carbonyl (C=O) groups is 1. The van der Waals surface area contributed by atoms with Crippen molar-refractivity contribution in [3.05, 3.63) is 34.9 Å². The summed E-state index contributed by atoms with van der Waals surface area (Å²) in [6, 6.07) is 7.65. The minimum absolute atomic E-state index is 0.451. The van der Waals surface area contributed by atoms with Gasteiger partial charge in [-0.2, -0.15) is 0 Å². The predicted molar refractivity (Wildman–Crippen MR) is 53.9 cm³/mol. The number of aldehydes is 1. The smallest absolute Gasteiger partial charge is 0.133 e. The molecule has 0 N–H and O–H groups in total. The number of benzene rings is 1. The molecule has 0 radical (unpaired) electrons. The molecule has 3 heteroatoms. The van der Waals surface area contributed by atoms with Crippen molar-refractivity contribution in [1.29, 1.82) is 0 Å². The summed E-state index contributed by atoms with van der Waals surface area (Å²) in [5, 5.41) is 0.733. The third kappa shape index (κ3) is 3.57. The van der Waals surface area contributed by atoms with Gasteiger partial charge < -0.3 is 4.79 Å². The summed E-state index contributed by atoms with van der Waals surface area (Å²) >= 11 is 5.82. The normalized spacial score (nSPS) is 10.4. The SMILES string of the molecule is CN(CC=O)Cc1cccc(Cl)c1. The van der Waals surface area contributed by atoms with Crippen LogP contribution in [0.3, 0.4) is 0 Å². The quantitative estimate of drug-likeness (QED) is 0.688. The lowest BCUT2D eigenvalue weighted by molar-refractivity contribution is -0.108. The summed E-state index contributed by atoms with van der Waals surface area (Å²) in [5.74, 6) is 0. The molecule has 0 aliphatic rings. The van der Waals surface area contributed by atoms with Gasteiger partial charge in [0.25, 0.3) is 0 Å². The standard InChI is InChI=1S/C10H12ClNO/c1-12(5-6-13)8-9-3-2-4-10(11)7-9/h2-4,6-7H,5,8H2,1H3. The van der Waals surface area contributed by atoms with Crippen molar-refractivity contribution in [3.8, 4) is 0 Å². The lowest BCUT2D eigenvalue weighted by Crippen LogP contribution is -2.19. The van der Waals surface area contributed by atoms with Gasteiger partial charge in [0, 0.05) is 11.6 Å². The van der Waals surface area contributed by atoms with Crippen LogP contribution in [-0.2, 0) is 11.3 Å². The largest absolute Gasteiger partial charge is 0.302 e. The Hall–Kier alpha value is -0.860. The molecule has 0 saturated carbocycles. The Morgan fingerprint density at radius 3 is 2.92 bits per heavy atom. The zero-order chi connectivity index (χ0) is 9.68. The summed E-state index contributed by atoms with van der Waals surface area (Å²) in [4.78, 5) is 12.1. The average Bonchev–Trinajstić information content (AvgIpc) is 2.04. The molecule has 0 bridgehead atoms. The molecule has 0 unspecified atom stereocenters. The van der Waals surface area contributed by atoms with Crippen LogP contribution in [-0.4, -0.2) is 24.8 Å². The van der Waals surface area contributed by atoms with Crippen LogP contribution in [0.25, 0.3) is 0 Å². The first-order valence-corrected chi connectivity index (χ1v) is 4.47. The molecular formula is C10H12ClNO. The molecule has 0 saturated heterocycles. The van der Waals surface area contributed by atoms with E-state index in [1.807, 2.05) is 36.2 Å². The van der Waals surface area contributed by atoms with Crippen molar-refractivity contribution in [2.24, 2.45) is 0 Å². The molecule has 0 aliphatic carbocycles. The average molecular weight is 198 g/mol. The highest BCUT2D eigenvalue weighted by atomic mass is 35.5. The molecule has 0 aromatic heterocycles. The summed E-state index contributed by atoms with van der Waals surface area (Å²) < 4.78 is 0. The zero-order valence-electron chi connectivity index (χ0n) is 7.53. The third-order valence-electron chi connectivity index (χ3n) is 1.73. The van der Waals surface area contributed by atoms with Gasteiger partial charge in [-0.3, -0.25) is 4.90 Å². The van der Waals surface area contributed by atoms with Crippen LogP contribution >= 0.6 is 11.6 Å². The monoisotopic (exact) mass is 197 g/mol. The summed E-state index contributed by atoms with van der Waals surface area (Å²) in [5.41, 5.74) is 1.12. The number of carbonyl (C=O) groups excluding carboxylic acids is 1. The van der Waals surface area contributed by atoms with Gasteiger partial charge in [0.15, 0.2) is 0 Å². The molecule has 2 nitrogen and oxygen atoms in total. The Kier molecular flexibility index (Phi) is 3.93. The molecule has 70 valence electrons. The van der Waals surface area contributed by atoms with Crippen molar-refractivity contribution in [1.82, 2.24) is 4.90 Å². The first-order chi connectivity index (χ1) is 6.22. The molecule has 0 aliphatic heterocycles. The molecule has 1 aromatic rings. The lowest BCUT2D eigenvalue weighted by atomic mass is 10.2. The number of hydrogen-bond donors (Lipinski definition) is 0. The summed E-state index contributed by atoms with van der Waals surface area (Å²) in [7, 11) is 1.90. The highest BCUT2D eigenvalue weighted by molar-refractivity contribution is 6.30. The van der Waals surface area contributed by atoms with Gasteiger partial charge in [-0.05, 0) is 24.7 Å². The van der Waals surface area contributed by atoms with E-state index in [9.17, 15) is 4.79 Å². The van der Waals surface area contributed by atoms with E-state index in [-0.39, 0.29) is 0 Å². The van der Waals surface area contributed by atoms with E-state index in [0.29, 0.717) is 6.54 Å². The number of hydrogen-bond acceptors (Lipinski definition) is 2. The number of halogens is 1. The van der Waals surface area contributed by atoms with Gasteiger partial charge in [0.05, 0.1) is 6.54 Å². The molecule has 13 heavy (non-hydrogen) atoms. The highest BCUT2D eigenvalue weighted by Gasteiger charge is 1.99. The van der Waals surface area contributed by atoms with Crippen LogP contribution in [0.5, 0.6) is 0 Å². The lowest BCUT2D eigenvalue weighted by Gasteiger charge is -2.12. The fraction of sp³-hybridized carbons (Fsp3) is 0.300. The topological polar surface area (TPSA) is 20.3 Å².